The van der Waals surface area contributed by atoms with Gasteiger partial charge in [0.2, 0.25) is 0 Å². The SMILES string of the molecule is CCOc1ccccc1C(=O)n1ccc(C(=O)O)n1. The maximum Gasteiger partial charge on any atom is 0.356 e. The molecule has 0 amide bonds. The summed E-state index contributed by atoms with van der Waals surface area (Å²) in [4.78, 5) is 22.9. The Hall–Kier alpha value is -2.63. The van der Waals surface area contributed by atoms with Crippen LogP contribution in [0.5, 0.6) is 5.75 Å². The van der Waals surface area contributed by atoms with E-state index in [2.05, 4.69) is 5.10 Å². The topological polar surface area (TPSA) is 81.4 Å². The molecule has 0 atom stereocenters. The van der Waals surface area contributed by atoms with Crippen LogP contribution < -0.4 is 4.74 Å². The van der Waals surface area contributed by atoms with Crippen molar-refractivity contribution in [2.24, 2.45) is 0 Å². The van der Waals surface area contributed by atoms with Crippen molar-refractivity contribution in [2.45, 2.75) is 6.92 Å². The van der Waals surface area contributed by atoms with E-state index < -0.39 is 11.9 Å². The fourth-order valence-corrected chi connectivity index (χ4v) is 1.60. The number of hydrogen-bond donors (Lipinski definition) is 1. The van der Waals surface area contributed by atoms with E-state index in [1.807, 2.05) is 6.92 Å². The molecule has 2 rings (SSSR count). The molecule has 0 bridgehead atoms. The Labute approximate surface area is 109 Å². The zero-order chi connectivity index (χ0) is 13.8. The fourth-order valence-electron chi connectivity index (χ4n) is 1.60. The fraction of sp³-hybridized carbons (Fsp3) is 0.154. The van der Waals surface area contributed by atoms with Gasteiger partial charge in [-0.05, 0) is 25.1 Å². The van der Waals surface area contributed by atoms with E-state index in [0.29, 0.717) is 17.9 Å². The molecule has 1 aromatic heterocycles. The molecular weight excluding hydrogens is 248 g/mol. The smallest absolute Gasteiger partial charge is 0.356 e. The number of hydrogen-bond acceptors (Lipinski definition) is 4. The van der Waals surface area contributed by atoms with Gasteiger partial charge in [-0.25, -0.2) is 9.48 Å². The van der Waals surface area contributed by atoms with Crippen molar-refractivity contribution in [3.8, 4) is 5.75 Å². The van der Waals surface area contributed by atoms with Crippen molar-refractivity contribution in [1.29, 1.82) is 0 Å². The molecule has 2 aromatic rings. The maximum absolute atomic E-state index is 12.2. The number of aromatic carboxylic acids is 1. The third kappa shape index (κ3) is 2.62. The van der Waals surface area contributed by atoms with Gasteiger partial charge in [0.1, 0.15) is 5.75 Å². The standard InChI is InChI=1S/C13H12N2O4/c1-2-19-11-6-4-3-5-9(11)12(16)15-8-7-10(14-15)13(17)18/h3-8H,2H2,1H3,(H,17,18). The van der Waals surface area contributed by atoms with Crippen LogP contribution in [0, 0.1) is 0 Å². The average Bonchev–Trinajstić information content (AvgIpc) is 2.89. The summed E-state index contributed by atoms with van der Waals surface area (Å²) >= 11 is 0. The number of ether oxygens (including phenoxy) is 1. The van der Waals surface area contributed by atoms with Crippen LogP contribution in [0.3, 0.4) is 0 Å². The highest BCUT2D eigenvalue weighted by Gasteiger charge is 2.16. The molecule has 0 unspecified atom stereocenters. The summed E-state index contributed by atoms with van der Waals surface area (Å²) in [5, 5.41) is 12.5. The van der Waals surface area contributed by atoms with Gasteiger partial charge in [-0.1, -0.05) is 12.1 Å². The lowest BCUT2D eigenvalue weighted by Crippen LogP contribution is -2.15. The van der Waals surface area contributed by atoms with Crippen molar-refractivity contribution in [3.63, 3.8) is 0 Å². The third-order valence-electron chi connectivity index (χ3n) is 2.43. The van der Waals surface area contributed by atoms with Gasteiger partial charge in [-0.3, -0.25) is 4.79 Å². The molecular formula is C13H12N2O4. The van der Waals surface area contributed by atoms with Crippen LogP contribution in [0.2, 0.25) is 0 Å². The number of carbonyl (C=O) groups is 2. The first-order chi connectivity index (χ1) is 9.13. The second kappa shape index (κ2) is 5.34. The minimum absolute atomic E-state index is 0.178. The number of nitrogens with zero attached hydrogens (tertiary/aromatic N) is 2. The number of carbonyl (C=O) groups excluding carboxylic acids is 1. The quantitative estimate of drug-likeness (QED) is 0.904. The molecule has 0 aliphatic rings. The number of carboxylic acids is 1. The summed E-state index contributed by atoms with van der Waals surface area (Å²) in [6, 6.07) is 8.02. The van der Waals surface area contributed by atoms with Gasteiger partial charge in [0.25, 0.3) is 5.91 Å². The van der Waals surface area contributed by atoms with Crippen LogP contribution in [0.1, 0.15) is 27.8 Å². The minimum Gasteiger partial charge on any atom is -0.493 e. The molecule has 1 aromatic carbocycles. The normalized spacial score (nSPS) is 10.2. The van der Waals surface area contributed by atoms with Gasteiger partial charge < -0.3 is 9.84 Å². The Kier molecular flexibility index (Phi) is 3.61. The first-order valence-electron chi connectivity index (χ1n) is 5.69. The van der Waals surface area contributed by atoms with E-state index in [4.69, 9.17) is 9.84 Å². The predicted molar refractivity (Wildman–Crippen MR) is 66.5 cm³/mol. The Morgan fingerprint density at radius 1 is 1.32 bits per heavy atom. The molecule has 0 aliphatic heterocycles. The highest BCUT2D eigenvalue weighted by molar-refractivity contribution is 5.98. The van der Waals surface area contributed by atoms with E-state index in [1.54, 1.807) is 24.3 Å². The van der Waals surface area contributed by atoms with Gasteiger partial charge in [0.15, 0.2) is 5.69 Å². The van der Waals surface area contributed by atoms with Crippen molar-refractivity contribution in [1.82, 2.24) is 9.78 Å². The largest absolute Gasteiger partial charge is 0.493 e. The second-order valence-electron chi connectivity index (χ2n) is 3.69. The number of rotatable bonds is 4. The molecule has 0 radical (unpaired) electrons. The highest BCUT2D eigenvalue weighted by Crippen LogP contribution is 2.19. The predicted octanol–water partition coefficient (Wildman–Crippen LogP) is 1.67. The van der Waals surface area contributed by atoms with Gasteiger partial charge in [-0.2, -0.15) is 5.10 Å². The zero-order valence-electron chi connectivity index (χ0n) is 10.2. The lowest BCUT2D eigenvalue weighted by atomic mass is 10.2. The van der Waals surface area contributed by atoms with Crippen LogP contribution in [0.15, 0.2) is 36.5 Å². The lowest BCUT2D eigenvalue weighted by molar-refractivity contribution is 0.0689. The van der Waals surface area contributed by atoms with Crippen molar-refractivity contribution in [2.75, 3.05) is 6.61 Å². The zero-order valence-corrected chi connectivity index (χ0v) is 10.2. The van der Waals surface area contributed by atoms with Crippen molar-refractivity contribution < 1.29 is 19.4 Å². The summed E-state index contributed by atoms with van der Waals surface area (Å²) in [7, 11) is 0. The third-order valence-corrected chi connectivity index (χ3v) is 2.43. The van der Waals surface area contributed by atoms with Crippen LogP contribution >= 0.6 is 0 Å². The van der Waals surface area contributed by atoms with E-state index in [-0.39, 0.29) is 5.69 Å². The van der Waals surface area contributed by atoms with Gasteiger partial charge >= 0.3 is 5.97 Å². The Morgan fingerprint density at radius 3 is 2.68 bits per heavy atom. The monoisotopic (exact) mass is 260 g/mol. The van der Waals surface area contributed by atoms with Crippen LogP contribution in [0.4, 0.5) is 0 Å². The van der Waals surface area contributed by atoms with Crippen LogP contribution in [-0.2, 0) is 0 Å². The highest BCUT2D eigenvalue weighted by atomic mass is 16.5. The summed E-state index contributed by atoms with van der Waals surface area (Å²) in [5.74, 6) is -1.16. The molecule has 6 heteroatoms. The number of carboxylic acid groups (broad SMARTS) is 1. The molecule has 0 spiro atoms. The number of para-hydroxylation sites is 1. The van der Waals surface area contributed by atoms with E-state index >= 15 is 0 Å². The first-order valence-corrected chi connectivity index (χ1v) is 5.69. The Bertz CT molecular complexity index is 619. The second-order valence-corrected chi connectivity index (χ2v) is 3.69. The number of benzene rings is 1. The minimum atomic E-state index is -1.18. The molecule has 19 heavy (non-hydrogen) atoms. The molecule has 0 saturated carbocycles. The van der Waals surface area contributed by atoms with Crippen molar-refractivity contribution >= 4 is 11.9 Å². The van der Waals surface area contributed by atoms with Crippen molar-refractivity contribution in [3.05, 3.63) is 47.8 Å². The van der Waals surface area contributed by atoms with Crippen LogP contribution in [0.25, 0.3) is 0 Å². The lowest BCUT2D eigenvalue weighted by Gasteiger charge is -2.08. The van der Waals surface area contributed by atoms with Crippen LogP contribution in [-0.4, -0.2) is 33.4 Å². The van der Waals surface area contributed by atoms with Gasteiger partial charge in [0.05, 0.1) is 12.2 Å². The summed E-state index contributed by atoms with van der Waals surface area (Å²) in [5.41, 5.74) is 0.159. The molecule has 0 aliphatic carbocycles. The van der Waals surface area contributed by atoms with E-state index in [9.17, 15) is 9.59 Å². The van der Waals surface area contributed by atoms with Gasteiger partial charge in [-0.15, -0.1) is 0 Å². The molecule has 0 saturated heterocycles. The Balaban J connectivity index is 2.35. The van der Waals surface area contributed by atoms with Gasteiger partial charge in [0, 0.05) is 6.20 Å². The first kappa shape index (κ1) is 12.8. The summed E-state index contributed by atoms with van der Waals surface area (Å²) in [6.07, 6.45) is 1.31. The summed E-state index contributed by atoms with van der Waals surface area (Å²) in [6.45, 7) is 2.25. The maximum atomic E-state index is 12.2. The van der Waals surface area contributed by atoms with E-state index in [1.165, 1.54) is 12.3 Å². The molecule has 1 heterocycles. The molecule has 1 N–H and O–H groups in total. The Morgan fingerprint density at radius 2 is 2.05 bits per heavy atom. The molecule has 98 valence electrons. The summed E-state index contributed by atoms with van der Waals surface area (Å²) < 4.78 is 6.34. The average molecular weight is 260 g/mol. The number of aromatic nitrogens is 2. The van der Waals surface area contributed by atoms with E-state index in [0.717, 1.165) is 4.68 Å². The molecule has 0 fully saturated rings. The molecule has 6 nitrogen and oxygen atoms in total.